The molecule has 0 saturated heterocycles. The normalized spacial score (nSPS) is 13.8. The van der Waals surface area contributed by atoms with E-state index < -0.39 is 0 Å². The van der Waals surface area contributed by atoms with Crippen molar-refractivity contribution in [3.05, 3.63) is 45.6 Å². The van der Waals surface area contributed by atoms with Crippen molar-refractivity contribution in [3.8, 4) is 34.1 Å². The third-order valence-electron chi connectivity index (χ3n) is 8.56. The Morgan fingerprint density at radius 2 is 1.33 bits per heavy atom. The molecule has 0 unspecified atom stereocenters. The van der Waals surface area contributed by atoms with Gasteiger partial charge in [-0.2, -0.15) is 0 Å². The zero-order valence-electron chi connectivity index (χ0n) is 27.1. The second-order valence-corrected chi connectivity index (χ2v) is 11.6. The van der Waals surface area contributed by atoms with Gasteiger partial charge in [-0.25, -0.2) is 0 Å². The number of rotatable bonds is 19. The van der Waals surface area contributed by atoms with Crippen molar-refractivity contribution in [1.29, 1.82) is 0 Å². The number of carbonyl (C=O) groups excluding carboxylic acids is 1. The van der Waals surface area contributed by atoms with E-state index in [0.717, 1.165) is 35.1 Å². The summed E-state index contributed by atoms with van der Waals surface area (Å²) in [6.45, 7) is 2.26. The molecule has 0 heterocycles. The Bertz CT molecular complexity index is 1230. The van der Waals surface area contributed by atoms with Crippen LogP contribution in [0.15, 0.2) is 29.1 Å². The van der Waals surface area contributed by atoms with E-state index in [1.165, 1.54) is 77.7 Å². The topological polar surface area (TPSA) is 83.1 Å². The van der Waals surface area contributed by atoms with Gasteiger partial charge in [-0.1, -0.05) is 90.0 Å². The minimum Gasteiger partial charge on any atom is -0.493 e. The first-order valence-corrected chi connectivity index (χ1v) is 16.3. The van der Waals surface area contributed by atoms with Gasteiger partial charge in [-0.3, -0.25) is 9.59 Å². The highest BCUT2D eigenvalue weighted by molar-refractivity contribution is 5.83. The number of hydrogen-bond donors (Lipinski definition) is 1. The molecular formula is C36H53NO6. The number of aryl methyl sites for hydroxylation is 1. The monoisotopic (exact) mass is 595 g/mol. The molecule has 0 bridgehead atoms. The van der Waals surface area contributed by atoms with Crippen molar-refractivity contribution < 1.29 is 23.7 Å². The van der Waals surface area contributed by atoms with E-state index in [0.29, 0.717) is 36.5 Å². The first-order valence-electron chi connectivity index (χ1n) is 16.3. The third kappa shape index (κ3) is 9.64. The molecule has 0 fully saturated rings. The molecule has 0 radical (unpaired) electrons. The lowest BCUT2D eigenvalue weighted by molar-refractivity contribution is -0.122. The molecule has 1 aliphatic carbocycles. The van der Waals surface area contributed by atoms with Crippen molar-refractivity contribution in [3.63, 3.8) is 0 Å². The number of amides is 1. The number of fused-ring (bicyclic) bond motifs is 3. The molecule has 0 aliphatic heterocycles. The minimum absolute atomic E-state index is 0.0121. The average Bonchev–Trinajstić information content (AvgIpc) is 3.26. The smallest absolute Gasteiger partial charge is 0.220 e. The van der Waals surface area contributed by atoms with Crippen molar-refractivity contribution in [2.45, 2.75) is 116 Å². The van der Waals surface area contributed by atoms with Gasteiger partial charge in [0.05, 0.1) is 34.5 Å². The van der Waals surface area contributed by atoms with Gasteiger partial charge in [0.2, 0.25) is 17.1 Å². The Morgan fingerprint density at radius 1 is 0.744 bits per heavy atom. The molecule has 3 rings (SSSR count). The standard InChI is InChI=1S/C36H53NO6/c1-6-7-8-9-10-11-12-13-14-15-16-17-18-19-33(39)37-29-22-20-26-24-32(41-3)35(42-4)36(43-5)34(26)27-21-23-31(40-2)30(38)25-28(27)29/h21,23-25,29H,6-20,22H2,1-5H3,(H,37,39)/t29-/m0/s1. The Hall–Kier alpha value is -3.22. The van der Waals surface area contributed by atoms with Crippen LogP contribution >= 0.6 is 0 Å². The quantitative estimate of drug-likeness (QED) is 0.164. The summed E-state index contributed by atoms with van der Waals surface area (Å²) in [5, 5.41) is 3.24. The van der Waals surface area contributed by atoms with Crippen LogP contribution in [0, 0.1) is 0 Å². The molecule has 0 saturated carbocycles. The summed E-state index contributed by atoms with van der Waals surface area (Å²) in [6.07, 6.45) is 18.3. The summed E-state index contributed by atoms with van der Waals surface area (Å²) in [5.74, 6) is 1.85. The van der Waals surface area contributed by atoms with Crippen LogP contribution in [0.3, 0.4) is 0 Å². The summed E-state index contributed by atoms with van der Waals surface area (Å²) in [7, 11) is 6.26. The van der Waals surface area contributed by atoms with Crippen LogP contribution in [0.2, 0.25) is 0 Å². The molecule has 7 nitrogen and oxygen atoms in total. The van der Waals surface area contributed by atoms with Gasteiger partial charge >= 0.3 is 0 Å². The number of unbranched alkanes of at least 4 members (excludes halogenated alkanes) is 12. The maximum atomic E-state index is 13.1. The van der Waals surface area contributed by atoms with E-state index in [1.54, 1.807) is 33.5 Å². The summed E-state index contributed by atoms with van der Waals surface area (Å²) >= 11 is 0. The summed E-state index contributed by atoms with van der Waals surface area (Å²) in [6, 6.07) is 6.78. The Labute approximate surface area is 258 Å². The lowest BCUT2D eigenvalue weighted by Crippen LogP contribution is -2.28. The van der Waals surface area contributed by atoms with E-state index in [1.807, 2.05) is 12.1 Å². The fraction of sp³-hybridized carbons (Fsp3) is 0.611. The Morgan fingerprint density at radius 3 is 1.88 bits per heavy atom. The van der Waals surface area contributed by atoms with E-state index in [-0.39, 0.29) is 23.1 Å². The van der Waals surface area contributed by atoms with Crippen LogP contribution in [0.4, 0.5) is 0 Å². The van der Waals surface area contributed by atoms with Crippen LogP contribution < -0.4 is 29.7 Å². The van der Waals surface area contributed by atoms with Gasteiger partial charge in [-0.15, -0.1) is 0 Å². The molecule has 0 spiro atoms. The zero-order chi connectivity index (χ0) is 31.0. The molecule has 2 aromatic rings. The van der Waals surface area contributed by atoms with Gasteiger partial charge in [0.15, 0.2) is 17.2 Å². The highest BCUT2D eigenvalue weighted by atomic mass is 16.5. The van der Waals surface area contributed by atoms with Gasteiger partial charge < -0.3 is 24.3 Å². The summed E-state index contributed by atoms with van der Waals surface area (Å²) < 4.78 is 22.5. The lowest BCUT2D eigenvalue weighted by Gasteiger charge is -2.20. The number of benzene rings is 1. The fourth-order valence-electron chi connectivity index (χ4n) is 6.19. The lowest BCUT2D eigenvalue weighted by atomic mass is 9.95. The molecule has 1 aliphatic rings. The average molecular weight is 596 g/mol. The van der Waals surface area contributed by atoms with Crippen LogP contribution in [0.25, 0.3) is 11.1 Å². The predicted octanol–water partition coefficient (Wildman–Crippen LogP) is 8.33. The number of carbonyl (C=O) groups is 1. The van der Waals surface area contributed by atoms with Gasteiger partial charge in [-0.05, 0) is 54.2 Å². The minimum atomic E-state index is -0.330. The molecule has 43 heavy (non-hydrogen) atoms. The van der Waals surface area contributed by atoms with Crippen molar-refractivity contribution in [2.75, 3.05) is 28.4 Å². The molecular weight excluding hydrogens is 542 g/mol. The van der Waals surface area contributed by atoms with Crippen LogP contribution in [-0.2, 0) is 11.2 Å². The largest absolute Gasteiger partial charge is 0.493 e. The predicted molar refractivity (Wildman–Crippen MR) is 174 cm³/mol. The molecule has 1 atom stereocenters. The fourth-order valence-corrected chi connectivity index (χ4v) is 6.19. The molecule has 7 heteroatoms. The van der Waals surface area contributed by atoms with Gasteiger partial charge in [0.25, 0.3) is 0 Å². The van der Waals surface area contributed by atoms with Crippen LogP contribution in [-0.4, -0.2) is 34.3 Å². The van der Waals surface area contributed by atoms with Crippen molar-refractivity contribution in [1.82, 2.24) is 5.32 Å². The number of ether oxygens (including phenoxy) is 4. The summed E-state index contributed by atoms with van der Waals surface area (Å²) in [4.78, 5) is 26.2. The molecule has 1 amide bonds. The van der Waals surface area contributed by atoms with Crippen molar-refractivity contribution >= 4 is 5.91 Å². The van der Waals surface area contributed by atoms with Crippen LogP contribution in [0.5, 0.6) is 23.0 Å². The Kier molecular flexibility index (Phi) is 14.7. The van der Waals surface area contributed by atoms with E-state index in [9.17, 15) is 9.59 Å². The van der Waals surface area contributed by atoms with E-state index in [4.69, 9.17) is 18.9 Å². The highest BCUT2D eigenvalue weighted by Crippen LogP contribution is 2.50. The van der Waals surface area contributed by atoms with Crippen LogP contribution in [0.1, 0.15) is 120 Å². The van der Waals surface area contributed by atoms with E-state index >= 15 is 0 Å². The number of nitrogens with one attached hydrogen (secondary N) is 1. The molecule has 2 aromatic carbocycles. The van der Waals surface area contributed by atoms with Gasteiger partial charge in [0, 0.05) is 12.0 Å². The zero-order valence-corrected chi connectivity index (χ0v) is 27.1. The first kappa shape index (κ1) is 34.3. The van der Waals surface area contributed by atoms with E-state index in [2.05, 4.69) is 12.2 Å². The molecule has 0 aromatic heterocycles. The maximum Gasteiger partial charge on any atom is 0.220 e. The second kappa shape index (κ2) is 18.4. The number of methoxy groups -OCH3 is 4. The highest BCUT2D eigenvalue weighted by Gasteiger charge is 2.29. The second-order valence-electron chi connectivity index (χ2n) is 11.6. The SMILES string of the molecule is CCCCCCCCCCCCCCCC(=O)N[C@H]1CCc2cc(OC)c(OC)c(OC)c2-c2ccc(OC)c(=O)cc21. The molecule has 1 N–H and O–H groups in total. The van der Waals surface area contributed by atoms with Gasteiger partial charge in [0.1, 0.15) is 0 Å². The summed E-state index contributed by atoms with van der Waals surface area (Å²) in [5.41, 5.74) is 3.15. The third-order valence-corrected chi connectivity index (χ3v) is 8.56. The Balaban J connectivity index is 1.63. The van der Waals surface area contributed by atoms with Crippen molar-refractivity contribution in [2.24, 2.45) is 0 Å². The molecule has 238 valence electrons. The first-order chi connectivity index (χ1) is 21.0. The maximum absolute atomic E-state index is 13.1. The number of hydrogen-bond acceptors (Lipinski definition) is 6.